The third-order valence-electron chi connectivity index (χ3n) is 2.84. The summed E-state index contributed by atoms with van der Waals surface area (Å²) in [6, 6.07) is 4.59. The van der Waals surface area contributed by atoms with E-state index in [-0.39, 0.29) is 30.9 Å². The highest BCUT2D eigenvalue weighted by Crippen LogP contribution is 2.40. The number of rotatable bonds is 8. The predicted molar refractivity (Wildman–Crippen MR) is 71.2 cm³/mol. The molecule has 1 aromatic heterocycles. The highest BCUT2D eigenvalue weighted by Gasteiger charge is 2.27. The summed E-state index contributed by atoms with van der Waals surface area (Å²) in [7, 11) is -3.71. The van der Waals surface area contributed by atoms with E-state index in [0.29, 0.717) is 0 Å². The molecule has 0 aromatic carbocycles. The summed E-state index contributed by atoms with van der Waals surface area (Å²) < 4.78 is 12.1. The van der Waals surface area contributed by atoms with E-state index < -0.39 is 25.2 Å². The minimum absolute atomic E-state index is 0.0300. The first-order valence-electron chi connectivity index (χ1n) is 6.01. The second kappa shape index (κ2) is 7.17. The zero-order valence-corrected chi connectivity index (χ0v) is 11.6. The van der Waals surface area contributed by atoms with Gasteiger partial charge >= 0.3 is 11.9 Å². The number of hydrogen-bond acceptors (Lipinski definition) is 4. The number of carboxylic acids is 2. The van der Waals surface area contributed by atoms with Crippen molar-refractivity contribution in [2.75, 3.05) is 6.16 Å². The lowest BCUT2D eigenvalue weighted by Crippen LogP contribution is -2.19. The van der Waals surface area contributed by atoms with E-state index in [0.717, 1.165) is 0 Å². The summed E-state index contributed by atoms with van der Waals surface area (Å²) in [4.78, 5) is 35.1. The molecule has 0 radical (unpaired) electrons. The number of carboxylic acid groups (broad SMARTS) is 2. The van der Waals surface area contributed by atoms with Gasteiger partial charge in [-0.15, -0.1) is 0 Å². The van der Waals surface area contributed by atoms with E-state index in [4.69, 9.17) is 10.2 Å². The van der Waals surface area contributed by atoms with Gasteiger partial charge in [0, 0.05) is 18.8 Å². The Labute approximate surface area is 115 Å². The van der Waals surface area contributed by atoms with Crippen molar-refractivity contribution in [3.05, 3.63) is 24.4 Å². The molecule has 1 rings (SSSR count). The monoisotopic (exact) mass is 301 g/mol. The quantitative estimate of drug-likeness (QED) is 0.610. The van der Waals surface area contributed by atoms with Crippen LogP contribution in [0, 0.1) is 5.92 Å². The van der Waals surface area contributed by atoms with Crippen molar-refractivity contribution in [3.8, 4) is 0 Å². The molecule has 0 aliphatic carbocycles. The molecule has 0 bridgehead atoms. The van der Waals surface area contributed by atoms with Gasteiger partial charge in [-0.05, 0) is 25.0 Å². The highest BCUT2D eigenvalue weighted by atomic mass is 31.2. The predicted octanol–water partition coefficient (Wildman–Crippen LogP) is 0.933. The summed E-state index contributed by atoms with van der Waals surface area (Å²) in [6.45, 7) is 0. The van der Waals surface area contributed by atoms with Gasteiger partial charge in [0.25, 0.3) is 0 Å². The van der Waals surface area contributed by atoms with Crippen molar-refractivity contribution in [1.82, 2.24) is 4.98 Å². The van der Waals surface area contributed by atoms with Crippen LogP contribution < -0.4 is 5.44 Å². The Morgan fingerprint density at radius 3 is 2.45 bits per heavy atom. The Morgan fingerprint density at radius 2 is 1.95 bits per heavy atom. The summed E-state index contributed by atoms with van der Waals surface area (Å²) in [5, 5.41) is 17.5. The first kappa shape index (κ1) is 16.3. The molecule has 1 heterocycles. The van der Waals surface area contributed by atoms with Crippen molar-refractivity contribution in [2.24, 2.45) is 5.92 Å². The molecule has 110 valence electrons. The van der Waals surface area contributed by atoms with Crippen LogP contribution in [-0.4, -0.2) is 38.2 Å². The molecule has 0 fully saturated rings. The maximum atomic E-state index is 12.1. The summed E-state index contributed by atoms with van der Waals surface area (Å²) >= 11 is 0. The largest absolute Gasteiger partial charge is 0.481 e. The molecule has 0 amide bonds. The van der Waals surface area contributed by atoms with Crippen LogP contribution in [0.3, 0.4) is 0 Å². The zero-order valence-electron chi connectivity index (χ0n) is 10.7. The van der Waals surface area contributed by atoms with E-state index >= 15 is 0 Å². The SMILES string of the molecule is O=C(O)CCC(CCP(=O)(O)c1ccccn1)C(=O)O. The number of aromatic nitrogens is 1. The fourth-order valence-electron chi connectivity index (χ4n) is 1.69. The van der Waals surface area contributed by atoms with Crippen molar-refractivity contribution < 1.29 is 29.3 Å². The van der Waals surface area contributed by atoms with E-state index in [1.165, 1.54) is 12.3 Å². The average molecular weight is 301 g/mol. The number of hydrogen-bond donors (Lipinski definition) is 3. The number of aliphatic carboxylic acids is 2. The van der Waals surface area contributed by atoms with E-state index in [1.807, 2.05) is 0 Å². The molecule has 0 saturated heterocycles. The van der Waals surface area contributed by atoms with E-state index in [1.54, 1.807) is 12.1 Å². The van der Waals surface area contributed by atoms with Crippen LogP contribution in [0.1, 0.15) is 19.3 Å². The van der Waals surface area contributed by atoms with Gasteiger partial charge in [-0.2, -0.15) is 0 Å². The second-order valence-corrected chi connectivity index (χ2v) is 6.68. The fourth-order valence-corrected chi connectivity index (χ4v) is 3.15. The maximum absolute atomic E-state index is 12.1. The minimum atomic E-state index is -3.71. The molecular formula is C12H16NO6P. The fraction of sp³-hybridized carbons (Fsp3) is 0.417. The molecule has 0 saturated carbocycles. The molecular weight excluding hydrogens is 285 g/mol. The van der Waals surface area contributed by atoms with Crippen LogP contribution in [0.25, 0.3) is 0 Å². The Hall–Kier alpha value is -1.72. The van der Waals surface area contributed by atoms with Gasteiger partial charge in [-0.25, -0.2) is 0 Å². The van der Waals surface area contributed by atoms with Crippen molar-refractivity contribution in [3.63, 3.8) is 0 Å². The molecule has 7 nitrogen and oxygen atoms in total. The molecule has 20 heavy (non-hydrogen) atoms. The summed E-state index contributed by atoms with van der Waals surface area (Å²) in [6.07, 6.45) is 0.744. The van der Waals surface area contributed by atoms with Crippen molar-refractivity contribution in [2.45, 2.75) is 19.3 Å². The van der Waals surface area contributed by atoms with Gasteiger partial charge in [0.05, 0.1) is 5.92 Å². The third kappa shape index (κ3) is 5.11. The lowest BCUT2D eigenvalue weighted by Gasteiger charge is -2.14. The highest BCUT2D eigenvalue weighted by molar-refractivity contribution is 7.65. The normalized spacial score (nSPS) is 15.2. The Balaban J connectivity index is 2.65. The van der Waals surface area contributed by atoms with Gasteiger partial charge in [0.15, 0.2) is 0 Å². The molecule has 0 aliphatic rings. The lowest BCUT2D eigenvalue weighted by atomic mass is 10.0. The van der Waals surface area contributed by atoms with Crippen molar-refractivity contribution >= 4 is 24.7 Å². The number of nitrogens with zero attached hydrogens (tertiary/aromatic N) is 1. The van der Waals surface area contributed by atoms with Crippen LogP contribution in [0.15, 0.2) is 24.4 Å². The molecule has 2 atom stereocenters. The van der Waals surface area contributed by atoms with Gasteiger partial charge < -0.3 is 15.1 Å². The standard InChI is InChI=1S/C12H16NO6P/c14-11(15)5-4-9(12(16)17)6-8-20(18,19)10-3-1-2-7-13-10/h1-3,7,9H,4-6,8H2,(H,14,15)(H,16,17)(H,18,19). The molecule has 3 N–H and O–H groups in total. The Kier molecular flexibility index (Phi) is 5.85. The van der Waals surface area contributed by atoms with Crippen molar-refractivity contribution in [1.29, 1.82) is 0 Å². The summed E-state index contributed by atoms with van der Waals surface area (Å²) in [5.41, 5.74) is 0.0300. The second-order valence-electron chi connectivity index (χ2n) is 4.37. The molecule has 1 aromatic rings. The van der Waals surface area contributed by atoms with Crippen LogP contribution in [0.5, 0.6) is 0 Å². The summed E-state index contributed by atoms with van der Waals surface area (Å²) in [5.74, 6) is -3.20. The van der Waals surface area contributed by atoms with Crippen LogP contribution in [-0.2, 0) is 14.2 Å². The Morgan fingerprint density at radius 1 is 1.25 bits per heavy atom. The third-order valence-corrected chi connectivity index (χ3v) is 4.69. The smallest absolute Gasteiger partial charge is 0.306 e. The first-order valence-corrected chi connectivity index (χ1v) is 7.85. The van der Waals surface area contributed by atoms with Gasteiger partial charge in [-0.1, -0.05) is 6.07 Å². The zero-order chi connectivity index (χ0) is 15.2. The lowest BCUT2D eigenvalue weighted by molar-refractivity contribution is -0.143. The maximum Gasteiger partial charge on any atom is 0.306 e. The molecule has 0 spiro atoms. The molecule has 0 aliphatic heterocycles. The Bertz CT molecular complexity index is 518. The minimum Gasteiger partial charge on any atom is -0.481 e. The van der Waals surface area contributed by atoms with Crippen LogP contribution >= 0.6 is 7.37 Å². The number of carbonyl (C=O) groups is 2. The topological polar surface area (TPSA) is 125 Å². The first-order chi connectivity index (χ1) is 9.33. The van der Waals surface area contributed by atoms with Gasteiger partial charge in [0.2, 0.25) is 7.37 Å². The molecule has 8 heteroatoms. The van der Waals surface area contributed by atoms with Crippen LogP contribution in [0.4, 0.5) is 0 Å². The van der Waals surface area contributed by atoms with E-state index in [2.05, 4.69) is 4.98 Å². The van der Waals surface area contributed by atoms with Gasteiger partial charge in [0.1, 0.15) is 5.44 Å². The van der Waals surface area contributed by atoms with Crippen LogP contribution in [0.2, 0.25) is 0 Å². The molecule has 2 unspecified atom stereocenters. The average Bonchev–Trinajstić information content (AvgIpc) is 2.39. The number of pyridine rings is 1. The van der Waals surface area contributed by atoms with E-state index in [9.17, 15) is 19.0 Å². The van der Waals surface area contributed by atoms with Gasteiger partial charge in [-0.3, -0.25) is 19.1 Å².